The number of hydrogen-bond acceptors (Lipinski definition) is 5. The number of carbonyl (C=O) groups is 2. The number of amides is 2. The molecule has 31 heavy (non-hydrogen) atoms. The molecule has 2 heterocycles. The summed E-state index contributed by atoms with van der Waals surface area (Å²) < 4.78 is 10.7. The van der Waals surface area contributed by atoms with E-state index >= 15 is 0 Å². The van der Waals surface area contributed by atoms with Crippen LogP contribution in [0, 0.1) is 0 Å². The number of furan rings is 1. The van der Waals surface area contributed by atoms with Crippen molar-refractivity contribution in [3.63, 3.8) is 0 Å². The Bertz CT molecular complexity index is 1120. The summed E-state index contributed by atoms with van der Waals surface area (Å²) in [6.07, 6.45) is 1.51. The third-order valence-corrected chi connectivity index (χ3v) is 5.17. The topological polar surface area (TPSA) is 83.8 Å². The minimum absolute atomic E-state index is 0.237. The highest BCUT2D eigenvalue weighted by Crippen LogP contribution is 2.28. The van der Waals surface area contributed by atoms with Gasteiger partial charge in [-0.25, -0.2) is 9.59 Å². The van der Waals surface area contributed by atoms with Crippen molar-refractivity contribution < 1.29 is 18.7 Å². The molecule has 0 unspecified atom stereocenters. The summed E-state index contributed by atoms with van der Waals surface area (Å²) in [5.41, 5.74) is 2.00. The van der Waals surface area contributed by atoms with Crippen LogP contribution < -0.4 is 10.6 Å². The summed E-state index contributed by atoms with van der Waals surface area (Å²) in [5, 5.41) is 7.91. The summed E-state index contributed by atoms with van der Waals surface area (Å²) in [6, 6.07) is 16.9. The lowest BCUT2D eigenvalue weighted by Crippen LogP contribution is -2.48. The van der Waals surface area contributed by atoms with Crippen LogP contribution in [0.25, 0.3) is 10.8 Å². The van der Waals surface area contributed by atoms with Gasteiger partial charge in [0.05, 0.1) is 18.4 Å². The van der Waals surface area contributed by atoms with E-state index < -0.39 is 12.0 Å². The summed E-state index contributed by atoms with van der Waals surface area (Å²) in [6.45, 7) is 3.01. The van der Waals surface area contributed by atoms with Gasteiger partial charge in [0, 0.05) is 18.8 Å². The summed E-state index contributed by atoms with van der Waals surface area (Å²) in [5.74, 6) is -0.00177. The van der Waals surface area contributed by atoms with Crippen molar-refractivity contribution >= 4 is 22.8 Å². The van der Waals surface area contributed by atoms with Crippen molar-refractivity contribution in [2.75, 3.05) is 20.2 Å². The van der Waals surface area contributed by atoms with E-state index in [1.165, 1.54) is 17.0 Å². The number of benzene rings is 2. The Hall–Kier alpha value is -3.58. The van der Waals surface area contributed by atoms with E-state index in [9.17, 15) is 9.59 Å². The Morgan fingerprint density at radius 3 is 2.65 bits per heavy atom. The molecular weight excluding hydrogens is 394 g/mol. The first-order valence-electron chi connectivity index (χ1n) is 10.2. The molecule has 1 atom stereocenters. The van der Waals surface area contributed by atoms with Crippen LogP contribution in [0.15, 0.2) is 76.5 Å². The Labute approximate surface area is 180 Å². The second-order valence-electron chi connectivity index (χ2n) is 7.51. The molecule has 0 saturated carbocycles. The number of ether oxygens (including phenoxy) is 1. The van der Waals surface area contributed by atoms with Gasteiger partial charge in [0.15, 0.2) is 0 Å². The highest BCUT2D eigenvalue weighted by Gasteiger charge is 2.35. The lowest BCUT2D eigenvalue weighted by Gasteiger charge is -2.30. The van der Waals surface area contributed by atoms with Crippen LogP contribution in [0.3, 0.4) is 0 Å². The van der Waals surface area contributed by atoms with Crippen LogP contribution in [0.5, 0.6) is 0 Å². The van der Waals surface area contributed by atoms with E-state index in [-0.39, 0.29) is 12.6 Å². The first kappa shape index (κ1) is 20.7. The highest BCUT2D eigenvalue weighted by molar-refractivity contribution is 5.95. The average molecular weight is 419 g/mol. The van der Waals surface area contributed by atoms with Gasteiger partial charge in [0.25, 0.3) is 0 Å². The number of fused-ring (bicyclic) bond motifs is 1. The van der Waals surface area contributed by atoms with Gasteiger partial charge in [-0.15, -0.1) is 0 Å². The van der Waals surface area contributed by atoms with Crippen molar-refractivity contribution in [3.05, 3.63) is 83.5 Å². The van der Waals surface area contributed by atoms with Crippen LogP contribution in [0.2, 0.25) is 0 Å². The van der Waals surface area contributed by atoms with Gasteiger partial charge >= 0.3 is 12.0 Å². The van der Waals surface area contributed by atoms with E-state index in [0.29, 0.717) is 30.1 Å². The molecule has 0 aliphatic carbocycles. The Morgan fingerprint density at radius 1 is 1.10 bits per heavy atom. The van der Waals surface area contributed by atoms with Crippen molar-refractivity contribution in [2.45, 2.75) is 19.5 Å². The van der Waals surface area contributed by atoms with Crippen LogP contribution in [-0.2, 0) is 16.1 Å². The SMILES string of the molecule is CCOC(=O)C1=C(CN(C)Cc2ccc3ccccc3c2)NC(=O)N[C@@H]1c1ccco1. The van der Waals surface area contributed by atoms with E-state index in [4.69, 9.17) is 9.15 Å². The minimum atomic E-state index is -0.702. The maximum Gasteiger partial charge on any atom is 0.338 e. The van der Waals surface area contributed by atoms with Gasteiger partial charge in [-0.1, -0.05) is 36.4 Å². The summed E-state index contributed by atoms with van der Waals surface area (Å²) >= 11 is 0. The van der Waals surface area contributed by atoms with Gasteiger partial charge in [-0.3, -0.25) is 4.90 Å². The van der Waals surface area contributed by atoms with Crippen LogP contribution >= 0.6 is 0 Å². The van der Waals surface area contributed by atoms with Gasteiger partial charge in [-0.05, 0) is 48.5 Å². The van der Waals surface area contributed by atoms with Gasteiger partial charge < -0.3 is 19.8 Å². The molecule has 4 rings (SSSR count). The first-order valence-corrected chi connectivity index (χ1v) is 10.2. The maximum atomic E-state index is 12.8. The quantitative estimate of drug-likeness (QED) is 0.570. The zero-order chi connectivity index (χ0) is 21.8. The van der Waals surface area contributed by atoms with Crippen molar-refractivity contribution in [1.29, 1.82) is 0 Å². The summed E-state index contributed by atoms with van der Waals surface area (Å²) in [4.78, 5) is 27.1. The van der Waals surface area contributed by atoms with Gasteiger partial charge in [0.2, 0.25) is 0 Å². The first-order chi connectivity index (χ1) is 15.0. The molecule has 1 aliphatic heterocycles. The molecule has 0 radical (unpaired) electrons. The predicted molar refractivity (Wildman–Crippen MR) is 117 cm³/mol. The van der Waals surface area contributed by atoms with E-state index in [1.807, 2.05) is 24.1 Å². The monoisotopic (exact) mass is 419 g/mol. The average Bonchev–Trinajstić information content (AvgIpc) is 3.28. The number of nitrogens with one attached hydrogen (secondary N) is 2. The predicted octanol–water partition coefficient (Wildman–Crippen LogP) is 3.74. The Kier molecular flexibility index (Phi) is 6.04. The fourth-order valence-electron chi connectivity index (χ4n) is 3.84. The second kappa shape index (κ2) is 9.06. The van der Waals surface area contributed by atoms with E-state index in [2.05, 4.69) is 41.0 Å². The molecule has 7 nitrogen and oxygen atoms in total. The van der Waals surface area contributed by atoms with Crippen LogP contribution in [0.4, 0.5) is 4.79 Å². The molecule has 2 amide bonds. The Morgan fingerprint density at radius 2 is 1.90 bits per heavy atom. The van der Waals surface area contributed by atoms with Gasteiger partial charge in [0.1, 0.15) is 11.8 Å². The molecule has 7 heteroatoms. The fourth-order valence-corrected chi connectivity index (χ4v) is 3.84. The lowest BCUT2D eigenvalue weighted by atomic mass is 9.99. The van der Waals surface area contributed by atoms with Crippen molar-refractivity contribution in [2.24, 2.45) is 0 Å². The molecule has 0 spiro atoms. The van der Waals surface area contributed by atoms with E-state index in [0.717, 1.165) is 5.56 Å². The normalized spacial score (nSPS) is 16.4. The lowest BCUT2D eigenvalue weighted by molar-refractivity contribution is -0.139. The molecule has 3 aromatic rings. The molecule has 0 fully saturated rings. The van der Waals surface area contributed by atoms with Crippen LogP contribution in [0.1, 0.15) is 24.3 Å². The molecule has 2 aromatic carbocycles. The summed E-state index contributed by atoms with van der Waals surface area (Å²) in [7, 11) is 1.95. The molecule has 0 bridgehead atoms. The second-order valence-corrected chi connectivity index (χ2v) is 7.51. The zero-order valence-corrected chi connectivity index (χ0v) is 17.6. The standard InChI is InChI=1S/C24H25N3O4/c1-3-30-23(28)21-19(25-24(29)26-22(21)20-9-6-12-31-20)15-27(2)14-16-10-11-17-7-4-5-8-18(17)13-16/h4-13,22H,3,14-15H2,1-2H3,(H2,25,26,29)/t22-/m1/s1. The smallest absolute Gasteiger partial charge is 0.338 e. The molecule has 160 valence electrons. The van der Waals surface area contributed by atoms with Crippen molar-refractivity contribution in [3.8, 4) is 0 Å². The molecular formula is C24H25N3O4. The number of nitrogens with zero attached hydrogens (tertiary/aromatic N) is 1. The number of hydrogen-bond donors (Lipinski definition) is 2. The van der Waals surface area contributed by atoms with Crippen molar-refractivity contribution in [1.82, 2.24) is 15.5 Å². The molecule has 1 aromatic heterocycles. The minimum Gasteiger partial charge on any atom is -0.467 e. The van der Waals surface area contributed by atoms with E-state index in [1.54, 1.807) is 19.1 Å². The number of esters is 1. The molecule has 0 saturated heterocycles. The molecule has 1 aliphatic rings. The Balaban J connectivity index is 1.60. The third kappa shape index (κ3) is 4.62. The highest BCUT2D eigenvalue weighted by atomic mass is 16.5. The number of likely N-dealkylation sites (N-methyl/N-ethyl adjacent to an activating group) is 1. The number of rotatable bonds is 7. The van der Waals surface area contributed by atoms with Gasteiger partial charge in [-0.2, -0.15) is 0 Å². The fraction of sp³-hybridized carbons (Fsp3) is 0.250. The number of carbonyl (C=O) groups excluding carboxylic acids is 2. The van der Waals surface area contributed by atoms with Crippen LogP contribution in [-0.4, -0.2) is 37.1 Å². The molecule has 2 N–H and O–H groups in total. The zero-order valence-electron chi connectivity index (χ0n) is 17.6. The number of urea groups is 1. The largest absolute Gasteiger partial charge is 0.467 e. The maximum absolute atomic E-state index is 12.8. The third-order valence-electron chi connectivity index (χ3n) is 5.17.